The largest absolute Gasteiger partial charge is 0.467 e. The summed E-state index contributed by atoms with van der Waals surface area (Å²) >= 11 is 0. The summed E-state index contributed by atoms with van der Waals surface area (Å²) in [7, 11) is 1.14. The Balaban J connectivity index is 2.83. The fourth-order valence-electron chi connectivity index (χ4n) is 2.22. The minimum absolute atomic E-state index is 0.0506. The third kappa shape index (κ3) is 6.74. The van der Waals surface area contributed by atoms with E-state index in [9.17, 15) is 27.9 Å². The van der Waals surface area contributed by atoms with Crippen LogP contribution in [0, 0.1) is 5.92 Å². The number of aliphatic hydroxyl groups excluding tert-OH is 1. The number of ether oxygens (including phenoxy) is 1. The molecule has 8 heteroatoms. The number of benzene rings is 1. The van der Waals surface area contributed by atoms with Gasteiger partial charge in [0.1, 0.15) is 12.1 Å². The summed E-state index contributed by atoms with van der Waals surface area (Å²) in [5.41, 5.74) is -0.385. The highest BCUT2D eigenvalue weighted by Gasteiger charge is 2.30. The van der Waals surface area contributed by atoms with Gasteiger partial charge >= 0.3 is 12.1 Å². The highest BCUT2D eigenvalue weighted by atomic mass is 19.4. The number of nitrogens with one attached hydrogen (secondary N) is 1. The van der Waals surface area contributed by atoms with Gasteiger partial charge in [-0.05, 0) is 30.0 Å². The number of aliphatic hydroxyl groups is 1. The number of rotatable bonds is 7. The quantitative estimate of drug-likeness (QED) is 0.731. The van der Waals surface area contributed by atoms with E-state index in [0.29, 0.717) is 5.56 Å². The van der Waals surface area contributed by atoms with Gasteiger partial charge in [0.15, 0.2) is 0 Å². The van der Waals surface area contributed by atoms with E-state index >= 15 is 0 Å². The third-order valence-corrected chi connectivity index (χ3v) is 3.52. The van der Waals surface area contributed by atoms with Crippen molar-refractivity contribution in [1.29, 1.82) is 0 Å². The van der Waals surface area contributed by atoms with Crippen molar-refractivity contribution in [2.45, 2.75) is 45.0 Å². The molecule has 0 aliphatic carbocycles. The Bertz CT molecular complexity index is 585. The molecule has 1 aromatic carbocycles. The molecule has 0 aliphatic rings. The van der Waals surface area contributed by atoms with Gasteiger partial charge in [-0.2, -0.15) is 13.2 Å². The standard InChI is InChI=1S/C17H22F3NO4/c1-10(2)8-14(22)15(23)21-13(16(24)25-3)9-11-4-6-12(7-5-11)17(18,19)20/h4-7,10,13-14,22H,8-9H2,1-3H3,(H,21,23)/t13-,14+/m1/s1. The Hall–Kier alpha value is -2.09. The summed E-state index contributed by atoms with van der Waals surface area (Å²) in [6, 6.07) is 3.17. The van der Waals surface area contributed by atoms with Crippen LogP contribution in [0.5, 0.6) is 0 Å². The Morgan fingerprint density at radius 2 is 1.76 bits per heavy atom. The maximum atomic E-state index is 12.6. The van der Waals surface area contributed by atoms with E-state index in [1.807, 2.05) is 13.8 Å². The highest BCUT2D eigenvalue weighted by Crippen LogP contribution is 2.29. The van der Waals surface area contributed by atoms with E-state index < -0.39 is 35.8 Å². The van der Waals surface area contributed by atoms with Crippen LogP contribution in [0.2, 0.25) is 0 Å². The maximum absolute atomic E-state index is 12.6. The molecular formula is C17H22F3NO4. The zero-order valence-electron chi connectivity index (χ0n) is 14.3. The molecule has 0 saturated heterocycles. The van der Waals surface area contributed by atoms with Gasteiger partial charge in [0.25, 0.3) is 0 Å². The molecule has 0 aliphatic heterocycles. The van der Waals surface area contributed by atoms with Gasteiger partial charge in [-0.3, -0.25) is 4.79 Å². The number of carbonyl (C=O) groups is 2. The van der Waals surface area contributed by atoms with Crippen LogP contribution < -0.4 is 5.32 Å². The number of methoxy groups -OCH3 is 1. The molecule has 140 valence electrons. The van der Waals surface area contributed by atoms with Crippen LogP contribution in [0.3, 0.4) is 0 Å². The zero-order chi connectivity index (χ0) is 19.2. The first kappa shape index (κ1) is 21.0. The first-order valence-corrected chi connectivity index (χ1v) is 7.77. The molecule has 5 nitrogen and oxygen atoms in total. The summed E-state index contributed by atoms with van der Waals surface area (Å²) in [5, 5.41) is 12.2. The topological polar surface area (TPSA) is 75.6 Å². The van der Waals surface area contributed by atoms with Crippen LogP contribution in [-0.2, 0) is 26.9 Å². The van der Waals surface area contributed by atoms with E-state index in [1.54, 1.807) is 0 Å². The number of amides is 1. The van der Waals surface area contributed by atoms with Gasteiger partial charge in [0.05, 0.1) is 12.7 Å². The monoisotopic (exact) mass is 361 g/mol. The van der Waals surface area contributed by atoms with Crippen LogP contribution in [0.1, 0.15) is 31.4 Å². The number of alkyl halides is 3. The molecule has 1 rings (SSSR count). The molecule has 0 bridgehead atoms. The molecule has 2 atom stereocenters. The van der Waals surface area contributed by atoms with Gasteiger partial charge in [-0.1, -0.05) is 26.0 Å². The third-order valence-electron chi connectivity index (χ3n) is 3.52. The lowest BCUT2D eigenvalue weighted by Gasteiger charge is -2.20. The number of carbonyl (C=O) groups excluding carboxylic acids is 2. The number of halogens is 3. The van der Waals surface area contributed by atoms with Crippen molar-refractivity contribution in [2.75, 3.05) is 7.11 Å². The van der Waals surface area contributed by atoms with Gasteiger partial charge in [0.2, 0.25) is 5.91 Å². The van der Waals surface area contributed by atoms with Crippen molar-refractivity contribution in [3.63, 3.8) is 0 Å². The van der Waals surface area contributed by atoms with Crippen molar-refractivity contribution in [3.05, 3.63) is 35.4 Å². The fraction of sp³-hybridized carbons (Fsp3) is 0.529. The molecular weight excluding hydrogens is 339 g/mol. The summed E-state index contributed by atoms with van der Waals surface area (Å²) in [6.07, 6.45) is -5.56. The predicted octanol–water partition coefficient (Wildman–Crippen LogP) is 2.31. The normalized spacial score (nSPS) is 14.1. The van der Waals surface area contributed by atoms with E-state index in [0.717, 1.165) is 19.2 Å². The van der Waals surface area contributed by atoms with Crippen LogP contribution in [-0.4, -0.2) is 36.2 Å². The number of hydrogen-bond donors (Lipinski definition) is 2. The van der Waals surface area contributed by atoms with Crippen molar-refractivity contribution in [3.8, 4) is 0 Å². The average Bonchev–Trinajstić information content (AvgIpc) is 2.52. The van der Waals surface area contributed by atoms with Gasteiger partial charge in [0, 0.05) is 6.42 Å². The summed E-state index contributed by atoms with van der Waals surface area (Å²) < 4.78 is 42.3. The minimum atomic E-state index is -4.45. The molecule has 25 heavy (non-hydrogen) atoms. The van der Waals surface area contributed by atoms with Crippen molar-refractivity contribution < 1.29 is 32.6 Å². The highest BCUT2D eigenvalue weighted by molar-refractivity contribution is 5.87. The minimum Gasteiger partial charge on any atom is -0.467 e. The first-order chi connectivity index (χ1) is 11.5. The van der Waals surface area contributed by atoms with E-state index in [2.05, 4.69) is 10.1 Å². The summed E-state index contributed by atoms with van der Waals surface area (Å²) in [6.45, 7) is 3.66. The number of esters is 1. The van der Waals surface area contributed by atoms with Gasteiger partial charge in [-0.15, -0.1) is 0 Å². The lowest BCUT2D eigenvalue weighted by molar-refractivity contribution is -0.146. The SMILES string of the molecule is COC(=O)[C@@H](Cc1ccc(C(F)(F)F)cc1)NC(=O)[C@@H](O)CC(C)C. The van der Waals surface area contributed by atoms with Crippen LogP contribution in [0.4, 0.5) is 13.2 Å². The Morgan fingerprint density at radius 3 is 2.20 bits per heavy atom. The second-order valence-corrected chi connectivity index (χ2v) is 6.13. The smallest absolute Gasteiger partial charge is 0.416 e. The van der Waals surface area contributed by atoms with Crippen molar-refractivity contribution >= 4 is 11.9 Å². The average molecular weight is 361 g/mol. The fourth-order valence-corrected chi connectivity index (χ4v) is 2.22. The molecule has 1 amide bonds. The summed E-state index contributed by atoms with van der Waals surface area (Å²) in [5.74, 6) is -1.40. The molecule has 1 aromatic rings. The molecule has 0 aromatic heterocycles. The second-order valence-electron chi connectivity index (χ2n) is 6.13. The van der Waals surface area contributed by atoms with Crippen LogP contribution in [0.25, 0.3) is 0 Å². The van der Waals surface area contributed by atoms with E-state index in [1.165, 1.54) is 12.1 Å². The molecule has 0 unspecified atom stereocenters. The Morgan fingerprint density at radius 1 is 1.20 bits per heavy atom. The number of hydrogen-bond acceptors (Lipinski definition) is 4. The lowest BCUT2D eigenvalue weighted by atomic mass is 10.0. The first-order valence-electron chi connectivity index (χ1n) is 7.77. The molecule has 0 fully saturated rings. The molecule has 2 N–H and O–H groups in total. The maximum Gasteiger partial charge on any atom is 0.416 e. The van der Waals surface area contributed by atoms with Gasteiger partial charge < -0.3 is 15.2 Å². The van der Waals surface area contributed by atoms with Crippen molar-refractivity contribution in [2.24, 2.45) is 5.92 Å². The molecule has 0 saturated carbocycles. The van der Waals surface area contributed by atoms with E-state index in [4.69, 9.17) is 0 Å². The van der Waals surface area contributed by atoms with Crippen LogP contribution >= 0.6 is 0 Å². The Labute approximate surface area is 144 Å². The lowest BCUT2D eigenvalue weighted by Crippen LogP contribution is -2.47. The van der Waals surface area contributed by atoms with Crippen molar-refractivity contribution in [1.82, 2.24) is 5.32 Å². The van der Waals surface area contributed by atoms with Gasteiger partial charge in [-0.25, -0.2) is 4.79 Å². The van der Waals surface area contributed by atoms with Crippen LogP contribution in [0.15, 0.2) is 24.3 Å². The molecule has 0 heterocycles. The molecule has 0 radical (unpaired) electrons. The molecule has 0 spiro atoms. The second kappa shape index (κ2) is 8.84. The summed E-state index contributed by atoms with van der Waals surface area (Å²) in [4.78, 5) is 23.8. The zero-order valence-corrected chi connectivity index (χ0v) is 14.3. The predicted molar refractivity (Wildman–Crippen MR) is 84.6 cm³/mol. The van der Waals surface area contributed by atoms with E-state index in [-0.39, 0.29) is 18.8 Å². The Kier molecular flexibility index (Phi) is 7.41.